The molecular formula is C33H33FN8O2. The van der Waals surface area contributed by atoms with Crippen molar-refractivity contribution in [1.82, 2.24) is 40.3 Å². The van der Waals surface area contributed by atoms with Crippen LogP contribution in [0.5, 0.6) is 11.5 Å². The number of aromatic nitrogens is 6. The van der Waals surface area contributed by atoms with Gasteiger partial charge in [0.05, 0.1) is 28.8 Å². The Kier molecular flexibility index (Phi) is 7.63. The standard InChI is InChI=1S/C33H33FN8O2/c1-42(2)11-12-43-24-14-20(13-22(34)16-24)31-26-17-30(38-28(26)7-10-37-31)33-32-29(40-41-33)4-3-27(39-32)21-15-25(19-36-18-21)44-23-5-8-35-9-6-23/h3-4,7,10,13-19,23,35,38H,5-6,8-9,11-12H2,1-2H3,(H,40,41). The predicted octanol–water partition coefficient (Wildman–Crippen LogP) is 5.44. The lowest BCUT2D eigenvalue weighted by atomic mass is 10.1. The lowest BCUT2D eigenvalue weighted by Crippen LogP contribution is -2.34. The van der Waals surface area contributed by atoms with Gasteiger partial charge in [-0.25, -0.2) is 9.37 Å². The van der Waals surface area contributed by atoms with Gasteiger partial charge in [0.15, 0.2) is 0 Å². The lowest BCUT2D eigenvalue weighted by molar-refractivity contribution is 0.162. The number of piperidine rings is 1. The Morgan fingerprint density at radius 1 is 0.932 bits per heavy atom. The molecule has 44 heavy (non-hydrogen) atoms. The van der Waals surface area contributed by atoms with Crippen LogP contribution in [0.4, 0.5) is 4.39 Å². The Balaban J connectivity index is 1.21. The molecule has 0 unspecified atom stereocenters. The molecule has 1 saturated heterocycles. The van der Waals surface area contributed by atoms with E-state index in [2.05, 4.69) is 30.5 Å². The van der Waals surface area contributed by atoms with E-state index in [4.69, 9.17) is 14.5 Å². The summed E-state index contributed by atoms with van der Waals surface area (Å²) in [5.74, 6) is 0.820. The van der Waals surface area contributed by atoms with Crippen molar-refractivity contribution in [2.45, 2.75) is 18.9 Å². The van der Waals surface area contributed by atoms with Gasteiger partial charge in [-0.2, -0.15) is 5.10 Å². The Morgan fingerprint density at radius 3 is 2.66 bits per heavy atom. The summed E-state index contributed by atoms with van der Waals surface area (Å²) in [5, 5.41) is 11.9. The highest BCUT2D eigenvalue weighted by Crippen LogP contribution is 2.35. The summed E-state index contributed by atoms with van der Waals surface area (Å²) in [7, 11) is 3.93. The average Bonchev–Trinajstić information content (AvgIpc) is 3.65. The SMILES string of the molecule is CN(C)CCOc1cc(F)cc(-c2nccc3[nH]c(-c4n[nH]c5ccc(-c6cncc(OC7CCNCC7)c6)nc45)cc23)c1. The molecule has 3 N–H and O–H groups in total. The number of nitrogens with zero attached hydrogens (tertiary/aromatic N) is 5. The van der Waals surface area contributed by atoms with E-state index >= 15 is 0 Å². The minimum atomic E-state index is -0.383. The van der Waals surface area contributed by atoms with Crippen LogP contribution in [0.3, 0.4) is 0 Å². The second-order valence-electron chi connectivity index (χ2n) is 11.3. The van der Waals surface area contributed by atoms with Crippen LogP contribution in [0.2, 0.25) is 0 Å². The van der Waals surface area contributed by atoms with Crippen LogP contribution in [-0.2, 0) is 0 Å². The number of likely N-dealkylation sites (N-methyl/N-ethyl adjacent to an activating group) is 1. The fraction of sp³-hybridized carbons (Fsp3) is 0.273. The summed E-state index contributed by atoms with van der Waals surface area (Å²) in [5.41, 5.74) is 6.72. The highest BCUT2D eigenvalue weighted by atomic mass is 19.1. The minimum Gasteiger partial charge on any atom is -0.492 e. The Bertz CT molecular complexity index is 1930. The zero-order chi connectivity index (χ0) is 30.0. The molecular weight excluding hydrogens is 559 g/mol. The van der Waals surface area contributed by atoms with E-state index in [1.54, 1.807) is 18.6 Å². The summed E-state index contributed by atoms with van der Waals surface area (Å²) in [6.07, 6.45) is 7.38. The number of hydrogen-bond donors (Lipinski definition) is 3. The van der Waals surface area contributed by atoms with Crippen molar-refractivity contribution in [3.63, 3.8) is 0 Å². The van der Waals surface area contributed by atoms with Crippen LogP contribution in [0.1, 0.15) is 12.8 Å². The second-order valence-corrected chi connectivity index (χ2v) is 11.3. The molecule has 6 heterocycles. The van der Waals surface area contributed by atoms with Gasteiger partial charge in [0.2, 0.25) is 0 Å². The zero-order valence-corrected chi connectivity index (χ0v) is 24.6. The summed E-state index contributed by atoms with van der Waals surface area (Å²) >= 11 is 0. The quantitative estimate of drug-likeness (QED) is 0.203. The molecule has 11 heteroatoms. The molecule has 7 rings (SSSR count). The monoisotopic (exact) mass is 592 g/mol. The van der Waals surface area contributed by atoms with E-state index in [0.29, 0.717) is 29.3 Å². The van der Waals surface area contributed by atoms with Gasteiger partial charge in [0.25, 0.3) is 0 Å². The predicted molar refractivity (Wildman–Crippen MR) is 168 cm³/mol. The van der Waals surface area contributed by atoms with Gasteiger partial charge in [-0.05, 0) is 82.5 Å². The van der Waals surface area contributed by atoms with Gasteiger partial charge in [0, 0.05) is 47.0 Å². The number of fused-ring (bicyclic) bond motifs is 2. The molecule has 0 saturated carbocycles. The van der Waals surface area contributed by atoms with Crippen molar-refractivity contribution < 1.29 is 13.9 Å². The summed E-state index contributed by atoms with van der Waals surface area (Å²) < 4.78 is 26.7. The van der Waals surface area contributed by atoms with E-state index < -0.39 is 0 Å². The van der Waals surface area contributed by atoms with Crippen LogP contribution in [0.25, 0.3) is 55.8 Å². The smallest absolute Gasteiger partial charge is 0.138 e. The number of nitrogens with one attached hydrogen (secondary N) is 3. The molecule has 5 aromatic heterocycles. The number of H-pyrrole nitrogens is 2. The third-order valence-electron chi connectivity index (χ3n) is 7.76. The topological polar surface area (TPSA) is 117 Å². The summed E-state index contributed by atoms with van der Waals surface area (Å²) in [6.45, 7) is 3.09. The molecule has 1 aliphatic heterocycles. The number of aromatic amines is 2. The molecule has 6 aromatic rings. The first kappa shape index (κ1) is 27.9. The second kappa shape index (κ2) is 12.0. The molecule has 0 atom stereocenters. The molecule has 0 spiro atoms. The highest BCUT2D eigenvalue weighted by molar-refractivity contribution is 5.99. The van der Waals surface area contributed by atoms with Crippen LogP contribution < -0.4 is 14.8 Å². The first-order chi connectivity index (χ1) is 21.5. The number of halogens is 1. The van der Waals surface area contributed by atoms with Gasteiger partial charge in [-0.3, -0.25) is 15.1 Å². The lowest BCUT2D eigenvalue weighted by Gasteiger charge is -2.23. The van der Waals surface area contributed by atoms with Crippen LogP contribution in [0.15, 0.2) is 67.1 Å². The number of hydrogen-bond acceptors (Lipinski definition) is 8. The Hall–Kier alpha value is -4.87. The molecule has 1 aliphatic rings. The van der Waals surface area contributed by atoms with Crippen LogP contribution >= 0.6 is 0 Å². The van der Waals surface area contributed by atoms with Crippen LogP contribution in [-0.4, -0.2) is 81.5 Å². The maximum Gasteiger partial charge on any atom is 0.138 e. The van der Waals surface area contributed by atoms with Gasteiger partial charge in [-0.1, -0.05) is 0 Å². The number of rotatable bonds is 9. The minimum absolute atomic E-state index is 0.181. The third kappa shape index (κ3) is 5.84. The van der Waals surface area contributed by atoms with Crippen molar-refractivity contribution in [1.29, 1.82) is 0 Å². The number of benzene rings is 1. The number of pyridine rings is 3. The molecule has 0 radical (unpaired) electrons. The maximum atomic E-state index is 14.7. The Morgan fingerprint density at radius 2 is 1.80 bits per heavy atom. The molecule has 10 nitrogen and oxygen atoms in total. The zero-order valence-electron chi connectivity index (χ0n) is 24.6. The van der Waals surface area contributed by atoms with E-state index in [0.717, 1.165) is 77.1 Å². The Labute approximate surface area is 253 Å². The number of ether oxygens (including phenoxy) is 2. The largest absolute Gasteiger partial charge is 0.492 e. The molecule has 1 fully saturated rings. The maximum absolute atomic E-state index is 14.7. The fourth-order valence-electron chi connectivity index (χ4n) is 5.52. The summed E-state index contributed by atoms with van der Waals surface area (Å²) in [6, 6.07) is 14.5. The normalized spacial score (nSPS) is 14.1. The first-order valence-electron chi connectivity index (χ1n) is 14.7. The molecule has 1 aromatic carbocycles. The molecule has 0 bridgehead atoms. The molecule has 0 aliphatic carbocycles. The fourth-order valence-corrected chi connectivity index (χ4v) is 5.52. The van der Waals surface area contributed by atoms with E-state index in [9.17, 15) is 4.39 Å². The van der Waals surface area contributed by atoms with E-state index in [-0.39, 0.29) is 11.9 Å². The molecule has 0 amide bonds. The van der Waals surface area contributed by atoms with Gasteiger partial charge in [-0.15, -0.1) is 0 Å². The van der Waals surface area contributed by atoms with E-state index in [1.165, 1.54) is 12.1 Å². The van der Waals surface area contributed by atoms with Crippen molar-refractivity contribution in [3.8, 4) is 45.4 Å². The summed E-state index contributed by atoms with van der Waals surface area (Å²) in [4.78, 5) is 19.5. The van der Waals surface area contributed by atoms with Gasteiger partial charge in [0.1, 0.15) is 41.2 Å². The van der Waals surface area contributed by atoms with Crippen molar-refractivity contribution >= 4 is 21.9 Å². The van der Waals surface area contributed by atoms with Gasteiger partial charge < -0.3 is 24.7 Å². The average molecular weight is 593 g/mol. The van der Waals surface area contributed by atoms with Crippen molar-refractivity contribution in [3.05, 3.63) is 72.9 Å². The van der Waals surface area contributed by atoms with Crippen LogP contribution in [0, 0.1) is 5.82 Å². The van der Waals surface area contributed by atoms with E-state index in [1.807, 2.05) is 55.4 Å². The van der Waals surface area contributed by atoms with Crippen molar-refractivity contribution in [2.75, 3.05) is 40.3 Å². The highest BCUT2D eigenvalue weighted by Gasteiger charge is 2.18. The third-order valence-corrected chi connectivity index (χ3v) is 7.76. The first-order valence-corrected chi connectivity index (χ1v) is 14.7. The van der Waals surface area contributed by atoms with Crippen molar-refractivity contribution in [2.24, 2.45) is 0 Å². The molecule has 224 valence electrons. The van der Waals surface area contributed by atoms with Gasteiger partial charge >= 0.3 is 0 Å².